The molecule has 3 nitrogen and oxygen atoms in total. The number of hydrogen-bond acceptors (Lipinski definition) is 3. The smallest absolute Gasteiger partial charge is 0.140 e. The fourth-order valence-corrected chi connectivity index (χ4v) is 2.40. The maximum Gasteiger partial charge on any atom is 0.140 e. The van der Waals surface area contributed by atoms with Crippen molar-refractivity contribution >= 4 is 11.0 Å². The Morgan fingerprint density at radius 3 is 2.84 bits per heavy atom. The number of furan rings is 2. The van der Waals surface area contributed by atoms with Gasteiger partial charge in [-0.25, -0.2) is 0 Å². The van der Waals surface area contributed by atoms with Crippen LogP contribution in [0.25, 0.3) is 11.0 Å². The van der Waals surface area contributed by atoms with Crippen molar-refractivity contribution in [2.24, 2.45) is 0 Å². The molecule has 2 aromatic heterocycles. The molecule has 0 fully saturated rings. The zero-order valence-electron chi connectivity index (χ0n) is 11.0. The minimum Gasteiger partial charge on any atom is -0.469 e. The third-order valence-corrected chi connectivity index (χ3v) is 3.43. The van der Waals surface area contributed by atoms with Gasteiger partial charge in [0.15, 0.2) is 0 Å². The van der Waals surface area contributed by atoms with Gasteiger partial charge in [-0.05, 0) is 24.6 Å². The summed E-state index contributed by atoms with van der Waals surface area (Å²) in [5, 5.41) is 11.4. The maximum atomic E-state index is 10.4. The molecule has 2 heterocycles. The Bertz CT molecular complexity index is 706. The van der Waals surface area contributed by atoms with E-state index < -0.39 is 6.10 Å². The van der Waals surface area contributed by atoms with E-state index in [1.165, 1.54) is 0 Å². The van der Waals surface area contributed by atoms with Gasteiger partial charge in [0.05, 0.1) is 6.26 Å². The summed E-state index contributed by atoms with van der Waals surface area (Å²) in [4.78, 5) is 0. The number of rotatable bonds is 3. The van der Waals surface area contributed by atoms with E-state index >= 15 is 0 Å². The molecule has 0 saturated carbocycles. The van der Waals surface area contributed by atoms with Crippen molar-refractivity contribution in [3.63, 3.8) is 0 Å². The zero-order valence-corrected chi connectivity index (χ0v) is 11.0. The predicted molar refractivity (Wildman–Crippen MR) is 73.1 cm³/mol. The van der Waals surface area contributed by atoms with Crippen LogP contribution in [-0.2, 0) is 6.42 Å². The van der Waals surface area contributed by atoms with Gasteiger partial charge >= 0.3 is 0 Å². The van der Waals surface area contributed by atoms with Crippen LogP contribution >= 0.6 is 0 Å². The molecular formula is C16H16O3. The highest BCUT2D eigenvalue weighted by Crippen LogP contribution is 2.31. The van der Waals surface area contributed by atoms with E-state index in [1.54, 1.807) is 12.3 Å². The van der Waals surface area contributed by atoms with E-state index in [9.17, 15) is 5.11 Å². The lowest BCUT2D eigenvalue weighted by Gasteiger charge is -2.06. The molecule has 1 N–H and O–H groups in total. The lowest BCUT2D eigenvalue weighted by Crippen LogP contribution is -1.99. The highest BCUT2D eigenvalue weighted by molar-refractivity contribution is 5.81. The molecule has 0 saturated heterocycles. The lowest BCUT2D eigenvalue weighted by molar-refractivity contribution is 0.189. The summed E-state index contributed by atoms with van der Waals surface area (Å²) in [7, 11) is 0. The first kappa shape index (κ1) is 12.1. The van der Waals surface area contributed by atoms with Crippen molar-refractivity contribution < 1.29 is 13.9 Å². The summed E-state index contributed by atoms with van der Waals surface area (Å²) in [5.74, 6) is 1.35. The quantitative estimate of drug-likeness (QED) is 0.771. The molecule has 3 aromatic rings. The molecular weight excluding hydrogens is 240 g/mol. The average Bonchev–Trinajstić information content (AvgIpc) is 3.04. The molecule has 0 aliphatic rings. The third kappa shape index (κ3) is 1.96. The van der Waals surface area contributed by atoms with E-state index in [4.69, 9.17) is 8.83 Å². The normalized spacial score (nSPS) is 13.0. The number of fused-ring (bicyclic) bond motifs is 1. The van der Waals surface area contributed by atoms with Gasteiger partial charge < -0.3 is 13.9 Å². The summed E-state index contributed by atoms with van der Waals surface area (Å²) in [5.41, 5.74) is 2.68. The fraction of sp³-hybridized carbons (Fsp3) is 0.250. The molecule has 0 spiro atoms. The summed E-state index contributed by atoms with van der Waals surface area (Å²) < 4.78 is 11.1. The van der Waals surface area contributed by atoms with Gasteiger partial charge in [0.25, 0.3) is 0 Å². The van der Waals surface area contributed by atoms with E-state index in [-0.39, 0.29) is 0 Å². The average molecular weight is 256 g/mol. The molecule has 0 bridgehead atoms. The van der Waals surface area contributed by atoms with E-state index in [0.717, 1.165) is 34.3 Å². The minimum atomic E-state index is -0.777. The topological polar surface area (TPSA) is 46.5 Å². The number of aliphatic hydroxyl groups is 1. The zero-order chi connectivity index (χ0) is 13.4. The van der Waals surface area contributed by atoms with E-state index in [2.05, 4.69) is 0 Å². The Morgan fingerprint density at radius 1 is 1.26 bits per heavy atom. The van der Waals surface area contributed by atoms with Crippen LogP contribution in [0, 0.1) is 6.92 Å². The molecule has 0 aliphatic heterocycles. The molecule has 19 heavy (non-hydrogen) atoms. The third-order valence-electron chi connectivity index (χ3n) is 3.43. The van der Waals surface area contributed by atoms with Crippen LogP contribution in [0.5, 0.6) is 0 Å². The van der Waals surface area contributed by atoms with Crippen molar-refractivity contribution in [1.29, 1.82) is 0 Å². The van der Waals surface area contributed by atoms with Crippen molar-refractivity contribution in [2.45, 2.75) is 26.4 Å². The van der Waals surface area contributed by atoms with Crippen molar-refractivity contribution in [3.8, 4) is 0 Å². The highest BCUT2D eigenvalue weighted by atomic mass is 16.4. The van der Waals surface area contributed by atoms with Gasteiger partial charge in [0.1, 0.15) is 23.2 Å². The molecule has 1 unspecified atom stereocenters. The molecule has 0 aliphatic carbocycles. The number of aliphatic hydroxyl groups excluding tert-OH is 1. The Hall–Kier alpha value is -2.00. The second-order valence-corrected chi connectivity index (χ2v) is 4.70. The van der Waals surface area contributed by atoms with Gasteiger partial charge in [-0.3, -0.25) is 0 Å². The van der Waals surface area contributed by atoms with Crippen LogP contribution in [-0.4, -0.2) is 5.11 Å². The SMILES string of the molecule is CCc1occc1C(O)c1cc2cccc(C)c2o1. The fourth-order valence-electron chi connectivity index (χ4n) is 2.40. The van der Waals surface area contributed by atoms with Crippen LogP contribution in [0.3, 0.4) is 0 Å². The lowest BCUT2D eigenvalue weighted by atomic mass is 10.1. The minimum absolute atomic E-state index is 0.556. The van der Waals surface area contributed by atoms with Gasteiger partial charge in [0, 0.05) is 17.4 Å². The van der Waals surface area contributed by atoms with Gasteiger partial charge in [-0.1, -0.05) is 25.1 Å². The Balaban J connectivity index is 2.07. The van der Waals surface area contributed by atoms with Crippen LogP contribution in [0.1, 0.15) is 35.7 Å². The summed E-state index contributed by atoms with van der Waals surface area (Å²) in [6.45, 7) is 4.00. The van der Waals surface area contributed by atoms with Crippen molar-refractivity contribution in [1.82, 2.24) is 0 Å². The monoisotopic (exact) mass is 256 g/mol. The molecule has 1 aromatic carbocycles. The number of hydrogen-bond donors (Lipinski definition) is 1. The molecule has 0 radical (unpaired) electrons. The molecule has 98 valence electrons. The molecule has 1 atom stereocenters. The van der Waals surface area contributed by atoms with Crippen LogP contribution in [0.15, 0.2) is 45.4 Å². The summed E-state index contributed by atoms with van der Waals surface area (Å²) in [6, 6.07) is 9.65. The second kappa shape index (κ2) is 4.59. The van der Waals surface area contributed by atoms with E-state index in [0.29, 0.717) is 5.76 Å². The van der Waals surface area contributed by atoms with Gasteiger partial charge in [-0.2, -0.15) is 0 Å². The first-order valence-corrected chi connectivity index (χ1v) is 6.44. The summed E-state index contributed by atoms with van der Waals surface area (Å²) >= 11 is 0. The first-order chi connectivity index (χ1) is 9.20. The predicted octanol–water partition coefficient (Wildman–Crippen LogP) is 3.98. The van der Waals surface area contributed by atoms with Crippen molar-refractivity contribution in [3.05, 3.63) is 59.2 Å². The van der Waals surface area contributed by atoms with Crippen molar-refractivity contribution in [2.75, 3.05) is 0 Å². The highest BCUT2D eigenvalue weighted by Gasteiger charge is 2.20. The second-order valence-electron chi connectivity index (χ2n) is 4.70. The van der Waals surface area contributed by atoms with Crippen LogP contribution in [0.4, 0.5) is 0 Å². The molecule has 0 amide bonds. The first-order valence-electron chi connectivity index (χ1n) is 6.44. The Labute approximate surface area is 111 Å². The molecule has 3 heteroatoms. The number of para-hydroxylation sites is 1. The Kier molecular flexibility index (Phi) is 2.91. The number of aryl methyl sites for hydroxylation is 2. The van der Waals surface area contributed by atoms with Crippen LogP contribution < -0.4 is 0 Å². The van der Waals surface area contributed by atoms with E-state index in [1.807, 2.05) is 38.1 Å². The standard InChI is InChI=1S/C16H16O3/c1-3-13-12(7-8-18-13)15(17)14-9-11-6-4-5-10(2)16(11)19-14/h4-9,15,17H,3H2,1-2H3. The largest absolute Gasteiger partial charge is 0.469 e. The molecule has 3 rings (SSSR count). The maximum absolute atomic E-state index is 10.4. The Morgan fingerprint density at radius 2 is 2.11 bits per heavy atom. The number of benzene rings is 1. The van der Waals surface area contributed by atoms with Gasteiger partial charge in [0.2, 0.25) is 0 Å². The van der Waals surface area contributed by atoms with Crippen LogP contribution in [0.2, 0.25) is 0 Å². The summed E-state index contributed by atoms with van der Waals surface area (Å²) in [6.07, 6.45) is 1.57. The van der Waals surface area contributed by atoms with Gasteiger partial charge in [-0.15, -0.1) is 0 Å².